The fourth-order valence-electron chi connectivity index (χ4n) is 1.34. The molecule has 0 aromatic carbocycles. The summed E-state index contributed by atoms with van der Waals surface area (Å²) in [7, 11) is 0. The second kappa shape index (κ2) is 10.3. The Morgan fingerprint density at radius 2 is 2.00 bits per heavy atom. The van der Waals surface area contributed by atoms with Crippen molar-refractivity contribution in [2.45, 2.75) is 26.4 Å². The van der Waals surface area contributed by atoms with Gasteiger partial charge in [-0.05, 0) is 12.1 Å². The van der Waals surface area contributed by atoms with Crippen molar-refractivity contribution in [1.29, 1.82) is 0 Å². The molecule has 1 aromatic heterocycles. The maximum Gasteiger partial charge on any atom is 0.305 e. The van der Waals surface area contributed by atoms with E-state index < -0.39 is 29.3 Å². The highest BCUT2D eigenvalue weighted by Crippen LogP contribution is 2.19. The molecule has 0 aliphatic heterocycles. The van der Waals surface area contributed by atoms with Crippen LogP contribution in [0.25, 0.3) is 0 Å². The summed E-state index contributed by atoms with van der Waals surface area (Å²) >= 11 is 0. The van der Waals surface area contributed by atoms with Crippen molar-refractivity contribution in [2.75, 3.05) is 13.2 Å². The average Bonchev–Trinajstić information content (AvgIpc) is 2.55. The smallest absolute Gasteiger partial charge is 0.305 e. The Balaban J connectivity index is 0.000000496. The largest absolute Gasteiger partial charge is 0.481 e. The number of pyridine rings is 1. The maximum absolute atomic E-state index is 11.3. The number of carbonyl (C=O) groups is 3. The third-order valence-corrected chi connectivity index (χ3v) is 2.98. The first-order chi connectivity index (χ1) is 11.1. The molecule has 1 heterocycles. The van der Waals surface area contributed by atoms with Gasteiger partial charge in [0.1, 0.15) is 6.10 Å². The molecule has 6 N–H and O–H groups in total. The SMILES string of the molecule is CC(C)(CO)[C@@H](O)C(=O)NCCC(=O)O.NC(=O)c1cccnc1. The number of hydrogen-bond donors (Lipinski definition) is 5. The van der Waals surface area contributed by atoms with Crippen LogP contribution in [0.4, 0.5) is 0 Å². The number of hydrogen-bond acceptors (Lipinski definition) is 6. The van der Waals surface area contributed by atoms with Gasteiger partial charge in [0.25, 0.3) is 0 Å². The number of carbonyl (C=O) groups excluding carboxylic acids is 2. The normalized spacial score (nSPS) is 11.7. The zero-order valence-electron chi connectivity index (χ0n) is 13.6. The highest BCUT2D eigenvalue weighted by atomic mass is 16.4. The van der Waals surface area contributed by atoms with Crippen LogP contribution in [0, 0.1) is 5.41 Å². The van der Waals surface area contributed by atoms with Crippen molar-refractivity contribution in [3.63, 3.8) is 0 Å². The van der Waals surface area contributed by atoms with Crippen LogP contribution in [-0.4, -0.2) is 57.3 Å². The summed E-state index contributed by atoms with van der Waals surface area (Å²) in [5.41, 5.74) is 4.44. The first-order valence-corrected chi connectivity index (χ1v) is 7.10. The fourth-order valence-corrected chi connectivity index (χ4v) is 1.34. The summed E-state index contributed by atoms with van der Waals surface area (Å²) in [5, 5.41) is 29.0. The molecule has 2 amide bonds. The predicted octanol–water partition coefficient (Wildman–Crippen LogP) is -0.863. The zero-order valence-corrected chi connectivity index (χ0v) is 13.6. The number of carboxylic acid groups (broad SMARTS) is 1. The van der Waals surface area contributed by atoms with Gasteiger partial charge in [0, 0.05) is 24.4 Å². The topological polar surface area (TPSA) is 163 Å². The molecule has 0 bridgehead atoms. The van der Waals surface area contributed by atoms with Crippen LogP contribution in [0.15, 0.2) is 24.5 Å². The van der Waals surface area contributed by atoms with E-state index in [-0.39, 0.29) is 19.6 Å². The highest BCUT2D eigenvalue weighted by molar-refractivity contribution is 5.92. The Bertz CT molecular complexity index is 547. The lowest BCUT2D eigenvalue weighted by Crippen LogP contribution is -2.45. The third kappa shape index (κ3) is 8.20. The van der Waals surface area contributed by atoms with E-state index >= 15 is 0 Å². The maximum atomic E-state index is 11.3. The summed E-state index contributed by atoms with van der Waals surface area (Å²) in [6.45, 7) is 2.70. The van der Waals surface area contributed by atoms with E-state index in [1.54, 1.807) is 18.3 Å². The molecule has 0 fully saturated rings. The molecule has 0 saturated carbocycles. The van der Waals surface area contributed by atoms with Crippen molar-refractivity contribution >= 4 is 17.8 Å². The van der Waals surface area contributed by atoms with Gasteiger partial charge in [0.2, 0.25) is 11.8 Å². The summed E-state index contributed by atoms with van der Waals surface area (Å²) < 4.78 is 0. The number of aliphatic hydroxyl groups is 2. The number of nitrogens with zero attached hydrogens (tertiary/aromatic N) is 1. The number of amides is 2. The van der Waals surface area contributed by atoms with E-state index in [1.165, 1.54) is 20.0 Å². The number of rotatable bonds is 7. The summed E-state index contributed by atoms with van der Waals surface area (Å²) in [6, 6.07) is 3.29. The minimum Gasteiger partial charge on any atom is -0.481 e. The van der Waals surface area contributed by atoms with E-state index in [0.29, 0.717) is 5.56 Å². The van der Waals surface area contributed by atoms with Gasteiger partial charge in [0.15, 0.2) is 0 Å². The molecule has 0 saturated heterocycles. The van der Waals surface area contributed by atoms with Gasteiger partial charge < -0.3 is 26.4 Å². The molecule has 9 heteroatoms. The number of carboxylic acids is 1. The molecule has 0 radical (unpaired) electrons. The summed E-state index contributed by atoms with van der Waals surface area (Å²) in [4.78, 5) is 35.5. The second-order valence-electron chi connectivity index (χ2n) is 5.59. The molecule has 9 nitrogen and oxygen atoms in total. The summed E-state index contributed by atoms with van der Waals surface area (Å²) in [6.07, 6.45) is 1.48. The van der Waals surface area contributed by atoms with Gasteiger partial charge in [-0.3, -0.25) is 19.4 Å². The zero-order chi connectivity index (χ0) is 18.8. The Labute approximate surface area is 139 Å². The lowest BCUT2D eigenvalue weighted by Gasteiger charge is -2.26. The van der Waals surface area contributed by atoms with E-state index in [4.69, 9.17) is 15.9 Å². The van der Waals surface area contributed by atoms with Crippen molar-refractivity contribution in [2.24, 2.45) is 11.1 Å². The number of nitrogens with one attached hydrogen (secondary N) is 1. The monoisotopic (exact) mass is 341 g/mol. The lowest BCUT2D eigenvalue weighted by molar-refractivity contribution is -0.138. The Morgan fingerprint density at radius 1 is 1.38 bits per heavy atom. The molecule has 0 unspecified atom stereocenters. The second-order valence-corrected chi connectivity index (χ2v) is 5.59. The molecule has 1 aromatic rings. The summed E-state index contributed by atoms with van der Waals surface area (Å²) in [5.74, 6) is -2.13. The highest BCUT2D eigenvalue weighted by Gasteiger charge is 2.32. The van der Waals surface area contributed by atoms with Crippen LogP contribution in [0.1, 0.15) is 30.6 Å². The first-order valence-electron chi connectivity index (χ1n) is 7.10. The van der Waals surface area contributed by atoms with Crippen LogP contribution in [0.3, 0.4) is 0 Å². The van der Waals surface area contributed by atoms with Crippen LogP contribution in [0.2, 0.25) is 0 Å². The minimum absolute atomic E-state index is 0.0350. The molecule has 0 spiro atoms. The lowest BCUT2D eigenvalue weighted by atomic mass is 9.87. The number of primary amides is 1. The van der Waals surface area contributed by atoms with Gasteiger partial charge in [-0.15, -0.1) is 0 Å². The van der Waals surface area contributed by atoms with Crippen molar-refractivity contribution < 1.29 is 29.7 Å². The fraction of sp³-hybridized carbons (Fsp3) is 0.467. The molecule has 0 aliphatic rings. The number of aliphatic carboxylic acids is 1. The van der Waals surface area contributed by atoms with Gasteiger partial charge >= 0.3 is 5.97 Å². The minimum atomic E-state index is -1.35. The Kier molecular flexibility index (Phi) is 9.21. The number of nitrogens with two attached hydrogens (primary N) is 1. The van der Waals surface area contributed by atoms with E-state index in [1.807, 2.05) is 0 Å². The number of aliphatic hydroxyl groups excluding tert-OH is 2. The van der Waals surface area contributed by atoms with Gasteiger partial charge in [0.05, 0.1) is 18.6 Å². The molecule has 134 valence electrons. The molecular weight excluding hydrogens is 318 g/mol. The van der Waals surface area contributed by atoms with Crippen LogP contribution >= 0.6 is 0 Å². The first kappa shape index (κ1) is 21.5. The van der Waals surface area contributed by atoms with Crippen LogP contribution < -0.4 is 11.1 Å². The third-order valence-electron chi connectivity index (χ3n) is 2.98. The standard InChI is InChI=1S/C9H17NO5.C6H6N2O/c1-9(2,5-11)7(14)8(15)10-4-3-6(12)13;7-6(9)5-2-1-3-8-4-5/h7,11,14H,3-5H2,1-2H3,(H,10,15)(H,12,13);1-4H,(H2,7,9)/t7-;/m0./s1. The van der Waals surface area contributed by atoms with Crippen molar-refractivity contribution in [3.8, 4) is 0 Å². The van der Waals surface area contributed by atoms with Gasteiger partial charge in [-0.2, -0.15) is 0 Å². The van der Waals surface area contributed by atoms with E-state index in [9.17, 15) is 19.5 Å². The van der Waals surface area contributed by atoms with Crippen molar-refractivity contribution in [3.05, 3.63) is 30.1 Å². The number of aromatic nitrogens is 1. The molecule has 1 atom stereocenters. The van der Waals surface area contributed by atoms with Gasteiger partial charge in [-0.25, -0.2) is 0 Å². The predicted molar refractivity (Wildman–Crippen MR) is 84.9 cm³/mol. The van der Waals surface area contributed by atoms with Crippen LogP contribution in [-0.2, 0) is 9.59 Å². The molecule has 24 heavy (non-hydrogen) atoms. The Morgan fingerprint density at radius 3 is 2.38 bits per heavy atom. The molecule has 1 rings (SSSR count). The Hall–Kier alpha value is -2.52. The van der Waals surface area contributed by atoms with Crippen LogP contribution in [0.5, 0.6) is 0 Å². The molecular formula is C15H23N3O6. The average molecular weight is 341 g/mol. The van der Waals surface area contributed by atoms with Crippen molar-refractivity contribution in [1.82, 2.24) is 10.3 Å². The van der Waals surface area contributed by atoms with E-state index in [2.05, 4.69) is 10.3 Å². The molecule has 0 aliphatic carbocycles. The van der Waals surface area contributed by atoms with Gasteiger partial charge in [-0.1, -0.05) is 13.8 Å². The quantitative estimate of drug-likeness (QED) is 0.430. The van der Waals surface area contributed by atoms with E-state index in [0.717, 1.165) is 0 Å².